The molecule has 19 heavy (non-hydrogen) atoms. The first-order chi connectivity index (χ1) is 9.13. The first-order valence-corrected chi connectivity index (χ1v) is 7.95. The number of esters is 1. The van der Waals surface area contributed by atoms with E-state index in [4.69, 9.17) is 4.74 Å². The van der Waals surface area contributed by atoms with Crippen LogP contribution in [0.1, 0.15) is 34.7 Å². The van der Waals surface area contributed by atoms with Crippen LogP contribution in [0.4, 0.5) is 0 Å². The van der Waals surface area contributed by atoms with Gasteiger partial charge in [0.2, 0.25) is 0 Å². The summed E-state index contributed by atoms with van der Waals surface area (Å²) in [5.41, 5.74) is 1.57. The topological polar surface area (TPSA) is 61.4 Å². The van der Waals surface area contributed by atoms with Crippen LogP contribution in [0.3, 0.4) is 0 Å². The SMILES string of the molecule is COC(=O)c1ccc(C2CCNCC2)c([S+](C)[O-])c1. The molecule has 104 valence electrons. The Labute approximate surface area is 116 Å². The highest BCUT2D eigenvalue weighted by Crippen LogP contribution is 2.31. The van der Waals surface area contributed by atoms with Gasteiger partial charge in [0.15, 0.2) is 4.90 Å². The summed E-state index contributed by atoms with van der Waals surface area (Å²) >= 11 is -1.10. The van der Waals surface area contributed by atoms with E-state index >= 15 is 0 Å². The van der Waals surface area contributed by atoms with Gasteiger partial charge in [-0.25, -0.2) is 4.79 Å². The molecule has 0 spiro atoms. The fraction of sp³-hybridized carbons (Fsp3) is 0.500. The lowest BCUT2D eigenvalue weighted by molar-refractivity contribution is 0.0600. The molecule has 1 aromatic carbocycles. The number of ether oxygens (including phenoxy) is 1. The molecule has 0 radical (unpaired) electrons. The molecule has 1 aliphatic rings. The Morgan fingerprint density at radius 3 is 2.68 bits per heavy atom. The van der Waals surface area contributed by atoms with Gasteiger partial charge in [-0.2, -0.15) is 0 Å². The van der Waals surface area contributed by atoms with Crippen molar-refractivity contribution in [3.05, 3.63) is 29.3 Å². The number of hydrogen-bond donors (Lipinski definition) is 1. The highest BCUT2D eigenvalue weighted by Gasteiger charge is 2.24. The first-order valence-electron chi connectivity index (χ1n) is 6.40. The third-order valence-corrected chi connectivity index (χ3v) is 4.50. The van der Waals surface area contributed by atoms with Crippen LogP contribution in [0.5, 0.6) is 0 Å². The van der Waals surface area contributed by atoms with Crippen molar-refractivity contribution in [2.75, 3.05) is 26.5 Å². The molecule has 1 atom stereocenters. The number of carbonyl (C=O) groups excluding carboxylic acids is 1. The van der Waals surface area contributed by atoms with E-state index in [1.807, 2.05) is 6.07 Å². The predicted molar refractivity (Wildman–Crippen MR) is 75.0 cm³/mol. The molecule has 1 aromatic rings. The second-order valence-corrected chi connectivity index (χ2v) is 6.07. The normalized spacial score (nSPS) is 18.1. The minimum Gasteiger partial charge on any atom is -0.612 e. The standard InChI is InChI=1S/C14H19NO3S/c1-18-14(16)11-3-4-12(13(9-11)19(2)17)10-5-7-15-8-6-10/h3-4,9-10,15H,5-8H2,1-2H3. The van der Waals surface area contributed by atoms with E-state index in [1.165, 1.54) is 7.11 Å². The summed E-state index contributed by atoms with van der Waals surface area (Å²) in [7, 11) is 1.35. The monoisotopic (exact) mass is 281 g/mol. The van der Waals surface area contributed by atoms with Crippen molar-refractivity contribution < 1.29 is 14.1 Å². The Morgan fingerprint density at radius 1 is 1.42 bits per heavy atom. The molecule has 1 aliphatic heterocycles. The molecule has 0 amide bonds. The van der Waals surface area contributed by atoms with Crippen LogP contribution in [0.15, 0.2) is 23.1 Å². The summed E-state index contributed by atoms with van der Waals surface area (Å²) in [6.45, 7) is 1.97. The molecule has 0 aromatic heterocycles. The lowest BCUT2D eigenvalue weighted by Gasteiger charge is -2.24. The van der Waals surface area contributed by atoms with Crippen molar-refractivity contribution in [1.82, 2.24) is 5.32 Å². The molecule has 4 nitrogen and oxygen atoms in total. The van der Waals surface area contributed by atoms with Gasteiger partial charge in [-0.05, 0) is 49.1 Å². The highest BCUT2D eigenvalue weighted by molar-refractivity contribution is 7.90. The van der Waals surface area contributed by atoms with E-state index in [9.17, 15) is 9.35 Å². The van der Waals surface area contributed by atoms with E-state index in [0.717, 1.165) is 36.4 Å². The van der Waals surface area contributed by atoms with Crippen LogP contribution >= 0.6 is 0 Å². The van der Waals surface area contributed by atoms with Crippen molar-refractivity contribution in [3.63, 3.8) is 0 Å². The molecule has 1 unspecified atom stereocenters. The quantitative estimate of drug-likeness (QED) is 0.676. The average Bonchev–Trinajstić information content (AvgIpc) is 2.46. The Balaban J connectivity index is 2.34. The van der Waals surface area contributed by atoms with Gasteiger partial charge >= 0.3 is 5.97 Å². The summed E-state index contributed by atoms with van der Waals surface area (Å²) in [6.07, 6.45) is 3.74. The summed E-state index contributed by atoms with van der Waals surface area (Å²) in [5.74, 6) is 0.0374. The number of rotatable bonds is 3. The third-order valence-electron chi connectivity index (χ3n) is 3.52. The van der Waals surface area contributed by atoms with E-state index in [0.29, 0.717) is 11.5 Å². The van der Waals surface area contributed by atoms with Crippen molar-refractivity contribution in [1.29, 1.82) is 0 Å². The highest BCUT2D eigenvalue weighted by atomic mass is 32.2. The Kier molecular flexibility index (Phi) is 4.85. The number of nitrogens with one attached hydrogen (secondary N) is 1. The minimum absolute atomic E-state index is 0.386. The van der Waals surface area contributed by atoms with Crippen LogP contribution < -0.4 is 5.32 Å². The zero-order valence-corrected chi connectivity index (χ0v) is 12.1. The van der Waals surface area contributed by atoms with Gasteiger partial charge in [-0.3, -0.25) is 0 Å². The molecule has 2 rings (SSSR count). The molecule has 0 saturated carbocycles. The molecule has 0 aliphatic carbocycles. The molecule has 5 heteroatoms. The Morgan fingerprint density at radius 2 is 2.11 bits per heavy atom. The van der Waals surface area contributed by atoms with Gasteiger partial charge in [0.05, 0.1) is 12.7 Å². The number of benzene rings is 1. The first kappa shape index (κ1) is 14.4. The number of piperidine rings is 1. The number of carbonyl (C=O) groups is 1. The lowest BCUT2D eigenvalue weighted by Crippen LogP contribution is -2.27. The number of hydrogen-bond acceptors (Lipinski definition) is 4. The van der Waals surface area contributed by atoms with Crippen LogP contribution in [0.25, 0.3) is 0 Å². The van der Waals surface area contributed by atoms with Gasteiger partial charge in [0.1, 0.15) is 6.26 Å². The van der Waals surface area contributed by atoms with Gasteiger partial charge in [-0.15, -0.1) is 0 Å². The third kappa shape index (κ3) is 3.29. The number of methoxy groups -OCH3 is 1. The summed E-state index contributed by atoms with van der Waals surface area (Å²) < 4.78 is 16.6. The van der Waals surface area contributed by atoms with Crippen LogP contribution in [0.2, 0.25) is 0 Å². The van der Waals surface area contributed by atoms with Gasteiger partial charge in [0, 0.05) is 11.6 Å². The molecule has 0 bridgehead atoms. The summed E-state index contributed by atoms with van der Waals surface area (Å²) in [4.78, 5) is 12.3. The maximum atomic E-state index is 11.9. The summed E-state index contributed by atoms with van der Waals surface area (Å²) in [5, 5.41) is 3.32. The van der Waals surface area contributed by atoms with Crippen molar-refractivity contribution in [2.24, 2.45) is 0 Å². The average molecular weight is 281 g/mol. The zero-order chi connectivity index (χ0) is 13.8. The smallest absolute Gasteiger partial charge is 0.338 e. The van der Waals surface area contributed by atoms with E-state index in [2.05, 4.69) is 5.32 Å². The fourth-order valence-electron chi connectivity index (χ4n) is 2.50. The maximum absolute atomic E-state index is 11.9. The molecule has 1 heterocycles. The van der Waals surface area contributed by atoms with Gasteiger partial charge in [0.25, 0.3) is 0 Å². The van der Waals surface area contributed by atoms with E-state index < -0.39 is 11.2 Å². The van der Waals surface area contributed by atoms with Crippen molar-refractivity contribution >= 4 is 17.1 Å². The van der Waals surface area contributed by atoms with E-state index in [-0.39, 0.29) is 5.97 Å². The zero-order valence-electron chi connectivity index (χ0n) is 11.3. The van der Waals surface area contributed by atoms with Gasteiger partial charge < -0.3 is 14.6 Å². The second-order valence-electron chi connectivity index (χ2n) is 4.72. The molecular weight excluding hydrogens is 262 g/mol. The fourth-order valence-corrected chi connectivity index (χ4v) is 3.36. The maximum Gasteiger partial charge on any atom is 0.338 e. The molecule has 1 fully saturated rings. The van der Waals surface area contributed by atoms with Gasteiger partial charge in [-0.1, -0.05) is 6.07 Å². The minimum atomic E-state index is -1.10. The lowest BCUT2D eigenvalue weighted by atomic mass is 9.89. The van der Waals surface area contributed by atoms with Crippen LogP contribution in [-0.4, -0.2) is 37.0 Å². The van der Waals surface area contributed by atoms with Crippen LogP contribution in [-0.2, 0) is 15.9 Å². The van der Waals surface area contributed by atoms with Crippen molar-refractivity contribution in [2.45, 2.75) is 23.7 Å². The largest absolute Gasteiger partial charge is 0.612 e. The molecular formula is C14H19NO3S. The predicted octanol–water partition coefficient (Wildman–Crippen LogP) is 1.68. The Bertz CT molecular complexity index is 456. The summed E-state index contributed by atoms with van der Waals surface area (Å²) in [6, 6.07) is 5.40. The molecule has 1 saturated heterocycles. The van der Waals surface area contributed by atoms with E-state index in [1.54, 1.807) is 18.4 Å². The Hall–Kier alpha value is -1.04. The second kappa shape index (κ2) is 6.41. The molecule has 1 N–H and O–H groups in total. The van der Waals surface area contributed by atoms with Crippen LogP contribution in [0, 0.1) is 0 Å². The van der Waals surface area contributed by atoms with Crippen molar-refractivity contribution in [3.8, 4) is 0 Å².